The molecule has 0 aromatic carbocycles. The van der Waals surface area contributed by atoms with E-state index >= 15 is 0 Å². The molecule has 0 aliphatic carbocycles. The number of nitrogens with one attached hydrogen (secondary N) is 1. The molecule has 2 aliphatic rings. The molecule has 22 heavy (non-hydrogen) atoms. The maximum absolute atomic E-state index is 12.6. The van der Waals surface area contributed by atoms with E-state index < -0.39 is 11.0 Å². The zero-order valence-electron chi connectivity index (χ0n) is 13.0. The lowest BCUT2D eigenvalue weighted by Crippen LogP contribution is -2.58. The van der Waals surface area contributed by atoms with Crippen molar-refractivity contribution in [1.82, 2.24) is 14.5 Å². The Labute approximate surface area is 135 Å². The predicted octanol–water partition coefficient (Wildman–Crippen LogP) is 1.58. The lowest BCUT2D eigenvalue weighted by molar-refractivity contribution is -0.132. The predicted molar refractivity (Wildman–Crippen MR) is 86.1 cm³/mol. The van der Waals surface area contributed by atoms with Crippen LogP contribution in [-0.2, 0) is 4.79 Å². The monoisotopic (exact) mass is 325 g/mol. The van der Waals surface area contributed by atoms with Gasteiger partial charge in [-0.1, -0.05) is 19.8 Å². The summed E-state index contributed by atoms with van der Waals surface area (Å²) in [5, 5.41) is 11.5. The van der Waals surface area contributed by atoms with Gasteiger partial charge >= 0.3 is 5.30 Å². The van der Waals surface area contributed by atoms with Gasteiger partial charge in [0.25, 0.3) is 0 Å². The summed E-state index contributed by atoms with van der Waals surface area (Å²) in [5.41, 5.74) is -0.418. The minimum Gasteiger partial charge on any atom is -0.472 e. The summed E-state index contributed by atoms with van der Waals surface area (Å²) in [4.78, 5) is 25.2. The van der Waals surface area contributed by atoms with Gasteiger partial charge in [0.1, 0.15) is 0 Å². The number of hydrogen-bond donors (Lipinski definition) is 2. The summed E-state index contributed by atoms with van der Waals surface area (Å²) < 4.78 is 1.82. The van der Waals surface area contributed by atoms with Gasteiger partial charge in [0, 0.05) is 25.0 Å². The van der Waals surface area contributed by atoms with Gasteiger partial charge in [-0.15, -0.1) is 6.42 Å². The molecule has 0 saturated carbocycles. The summed E-state index contributed by atoms with van der Waals surface area (Å²) >= 11 is 0.823. The molecule has 1 spiro atoms. The van der Waals surface area contributed by atoms with E-state index in [2.05, 4.69) is 25.1 Å². The molecule has 2 heterocycles. The molecule has 2 fully saturated rings. The normalized spacial score (nSPS) is 24.9. The van der Waals surface area contributed by atoms with E-state index in [1.165, 1.54) is 0 Å². The van der Waals surface area contributed by atoms with E-state index in [0.717, 1.165) is 18.4 Å². The minimum atomic E-state index is -0.899. The molecule has 1 unspecified atom stereocenters. The average molecular weight is 325 g/mol. The number of terminal acetylenes is 1. The fourth-order valence-corrected chi connectivity index (χ4v) is 3.87. The number of carbonyl (C=O) groups is 2. The van der Waals surface area contributed by atoms with Crippen LogP contribution in [0.2, 0.25) is 0 Å². The van der Waals surface area contributed by atoms with Gasteiger partial charge in [0.05, 0.1) is 18.2 Å². The van der Waals surface area contributed by atoms with Gasteiger partial charge in [-0.05, 0) is 25.2 Å². The van der Waals surface area contributed by atoms with Gasteiger partial charge in [0.2, 0.25) is 5.91 Å². The lowest BCUT2D eigenvalue weighted by Gasteiger charge is -2.43. The quantitative estimate of drug-likeness (QED) is 0.604. The number of piperidine rings is 1. The van der Waals surface area contributed by atoms with Crippen molar-refractivity contribution in [3.05, 3.63) is 0 Å². The first-order valence-electron chi connectivity index (χ1n) is 7.56. The maximum atomic E-state index is 12.6. The zero-order chi connectivity index (χ0) is 16.3. The molecule has 2 saturated heterocycles. The smallest absolute Gasteiger partial charge is 0.380 e. The highest BCUT2D eigenvalue weighted by Crippen LogP contribution is 2.35. The lowest BCUT2D eigenvalue weighted by atomic mass is 9.97. The van der Waals surface area contributed by atoms with E-state index in [0.29, 0.717) is 38.4 Å². The molecule has 2 rings (SSSR count). The van der Waals surface area contributed by atoms with Gasteiger partial charge in [-0.3, -0.25) is 10.1 Å². The van der Waals surface area contributed by atoms with Crippen LogP contribution >= 0.6 is 11.9 Å². The van der Waals surface area contributed by atoms with Crippen LogP contribution in [0.1, 0.15) is 33.1 Å². The molecule has 7 heteroatoms. The Morgan fingerprint density at radius 2 is 2.18 bits per heavy atom. The van der Waals surface area contributed by atoms with Crippen molar-refractivity contribution in [1.29, 1.82) is 0 Å². The largest absolute Gasteiger partial charge is 0.472 e. The highest BCUT2D eigenvalue weighted by Gasteiger charge is 2.51. The third kappa shape index (κ3) is 3.57. The van der Waals surface area contributed by atoms with Crippen LogP contribution in [0.15, 0.2) is 0 Å². The van der Waals surface area contributed by atoms with Crippen molar-refractivity contribution in [2.75, 3.05) is 19.6 Å². The molecule has 2 N–H and O–H groups in total. The Hall–Kier alpha value is -1.23. The molecule has 6 nitrogen and oxygen atoms in total. The Bertz CT molecular complexity index is 481. The first kappa shape index (κ1) is 17.1. The van der Waals surface area contributed by atoms with Crippen molar-refractivity contribution in [2.24, 2.45) is 5.92 Å². The SMILES string of the molecule is C#CCN1C(=O)C(CC(C)C)NC12CCN(SC(=O)O)CC2. The maximum Gasteiger partial charge on any atom is 0.380 e. The average Bonchev–Trinajstić information content (AvgIpc) is 2.67. The molecule has 0 bridgehead atoms. The van der Waals surface area contributed by atoms with E-state index in [-0.39, 0.29) is 11.9 Å². The van der Waals surface area contributed by atoms with Crippen LogP contribution in [0.3, 0.4) is 0 Å². The molecule has 1 atom stereocenters. The first-order chi connectivity index (χ1) is 10.4. The number of carboxylic acid groups (broad SMARTS) is 1. The summed E-state index contributed by atoms with van der Waals surface area (Å²) in [7, 11) is 0. The summed E-state index contributed by atoms with van der Waals surface area (Å²) in [5.74, 6) is 3.08. The third-order valence-electron chi connectivity index (χ3n) is 4.24. The molecule has 122 valence electrons. The Morgan fingerprint density at radius 3 is 2.68 bits per heavy atom. The molecule has 0 aromatic rings. The molecule has 0 radical (unpaired) electrons. The summed E-state index contributed by atoms with van der Waals surface area (Å²) in [6, 6.07) is -0.188. The highest BCUT2D eigenvalue weighted by molar-refractivity contribution is 8.11. The van der Waals surface area contributed by atoms with E-state index in [1.807, 2.05) is 4.31 Å². The topological polar surface area (TPSA) is 72.9 Å². The van der Waals surface area contributed by atoms with Gasteiger partial charge < -0.3 is 10.0 Å². The molecule has 0 aromatic heterocycles. The van der Waals surface area contributed by atoms with Gasteiger partial charge in [0.15, 0.2) is 0 Å². The molecule has 1 amide bonds. The van der Waals surface area contributed by atoms with Gasteiger partial charge in [-0.25, -0.2) is 9.10 Å². The first-order valence-corrected chi connectivity index (χ1v) is 8.34. The van der Waals surface area contributed by atoms with Crippen LogP contribution in [0.4, 0.5) is 4.79 Å². The Kier molecular flexibility index (Phi) is 5.37. The fourth-order valence-electron chi connectivity index (χ4n) is 3.29. The second-order valence-electron chi connectivity index (χ2n) is 6.27. The second kappa shape index (κ2) is 6.90. The van der Waals surface area contributed by atoms with Crippen molar-refractivity contribution in [3.8, 4) is 12.3 Å². The van der Waals surface area contributed by atoms with Crippen LogP contribution in [0, 0.1) is 18.3 Å². The molecular formula is C15H23N3O3S. The van der Waals surface area contributed by atoms with Crippen molar-refractivity contribution < 1.29 is 14.7 Å². The Morgan fingerprint density at radius 1 is 1.55 bits per heavy atom. The Balaban J connectivity index is 2.09. The number of hydrogen-bond acceptors (Lipinski definition) is 5. The molecule has 2 aliphatic heterocycles. The van der Waals surface area contributed by atoms with Crippen molar-refractivity contribution in [3.63, 3.8) is 0 Å². The zero-order valence-corrected chi connectivity index (χ0v) is 13.9. The summed E-state index contributed by atoms with van der Waals surface area (Å²) in [6.45, 7) is 5.72. The molecular weight excluding hydrogens is 302 g/mol. The standard InChI is InChI=1S/C15H23N3O3S/c1-4-7-18-13(19)12(10-11(2)3)16-15(18)5-8-17(9-6-15)22-14(20)21/h1,11-12,16H,5-10H2,2-3H3,(H,20,21). The van der Waals surface area contributed by atoms with E-state index in [9.17, 15) is 9.59 Å². The van der Waals surface area contributed by atoms with Crippen LogP contribution in [0.5, 0.6) is 0 Å². The van der Waals surface area contributed by atoms with E-state index in [4.69, 9.17) is 11.5 Å². The minimum absolute atomic E-state index is 0.0750. The van der Waals surface area contributed by atoms with Gasteiger partial charge in [-0.2, -0.15) is 0 Å². The number of amides is 1. The summed E-state index contributed by atoms with van der Waals surface area (Å²) in [6.07, 6.45) is 7.60. The van der Waals surface area contributed by atoms with E-state index in [1.54, 1.807) is 4.90 Å². The van der Waals surface area contributed by atoms with Crippen LogP contribution < -0.4 is 5.32 Å². The van der Waals surface area contributed by atoms with Crippen LogP contribution in [-0.4, -0.2) is 56.9 Å². The van der Waals surface area contributed by atoms with Crippen molar-refractivity contribution >= 4 is 23.2 Å². The van der Waals surface area contributed by atoms with Crippen LogP contribution in [0.25, 0.3) is 0 Å². The van der Waals surface area contributed by atoms with Crippen molar-refractivity contribution in [2.45, 2.75) is 44.8 Å². The highest BCUT2D eigenvalue weighted by atomic mass is 32.2. The number of rotatable bonds is 4. The number of nitrogens with zero attached hydrogens (tertiary/aromatic N) is 2. The number of carbonyl (C=O) groups excluding carboxylic acids is 1. The fraction of sp³-hybridized carbons (Fsp3) is 0.733. The second-order valence-corrected chi connectivity index (χ2v) is 7.32. The third-order valence-corrected chi connectivity index (χ3v) is 5.02.